The van der Waals surface area contributed by atoms with E-state index in [-0.39, 0.29) is 10.6 Å². The van der Waals surface area contributed by atoms with Crippen molar-refractivity contribution in [2.75, 3.05) is 0 Å². The molecule has 1 atom stereocenters. The van der Waals surface area contributed by atoms with E-state index in [1.54, 1.807) is 23.5 Å². The smallest absolute Gasteiger partial charge is 0.129 e. The average Bonchev–Trinajstić information content (AvgIpc) is 2.70. The quantitative estimate of drug-likeness (QED) is 0.680. The second-order valence-corrected chi connectivity index (χ2v) is 5.73. The highest BCUT2D eigenvalue weighted by atomic mass is 79.9. The van der Waals surface area contributed by atoms with E-state index in [0.29, 0.717) is 10.6 Å². The average molecular weight is 320 g/mol. The molecule has 4 heteroatoms. The summed E-state index contributed by atoms with van der Waals surface area (Å²) in [5.41, 5.74) is 1.72. The van der Waals surface area contributed by atoms with E-state index >= 15 is 0 Å². The highest BCUT2D eigenvalue weighted by Gasteiger charge is 2.16. The van der Waals surface area contributed by atoms with Crippen LogP contribution in [0.5, 0.6) is 0 Å². The maximum Gasteiger partial charge on any atom is 0.129 e. The van der Waals surface area contributed by atoms with Crippen molar-refractivity contribution in [2.24, 2.45) is 0 Å². The lowest BCUT2D eigenvalue weighted by molar-refractivity contribution is 0.608. The molecular weight excluding hydrogens is 311 g/mol. The topological polar surface area (TPSA) is 0 Å². The van der Waals surface area contributed by atoms with Gasteiger partial charge in [0.25, 0.3) is 0 Å². The third-order valence-electron chi connectivity index (χ3n) is 2.31. The Morgan fingerprint density at radius 3 is 2.81 bits per heavy atom. The predicted molar refractivity (Wildman–Crippen MR) is 71.1 cm³/mol. The molecule has 0 amide bonds. The lowest BCUT2D eigenvalue weighted by atomic mass is 10.1. The van der Waals surface area contributed by atoms with Gasteiger partial charge in [0, 0.05) is 15.4 Å². The van der Waals surface area contributed by atoms with Gasteiger partial charge >= 0.3 is 0 Å². The van der Waals surface area contributed by atoms with E-state index < -0.39 is 0 Å². The summed E-state index contributed by atoms with van der Waals surface area (Å²) in [7, 11) is 0. The van der Waals surface area contributed by atoms with Crippen LogP contribution in [0.25, 0.3) is 0 Å². The summed E-state index contributed by atoms with van der Waals surface area (Å²) in [5, 5.41) is 4.54. The highest BCUT2D eigenvalue weighted by Crippen LogP contribution is 2.34. The van der Waals surface area contributed by atoms with Crippen LogP contribution in [0.1, 0.15) is 16.0 Å². The Balaban J connectivity index is 2.24. The standard InChI is InChI=1S/C12H9BrClFS/c13-9(6-8-4-5-16-7-8)12-10(14)2-1-3-11(12)15/h1-5,7,9H,6H2. The molecule has 0 saturated heterocycles. The maximum absolute atomic E-state index is 13.6. The van der Waals surface area contributed by atoms with Crippen molar-refractivity contribution in [2.45, 2.75) is 11.2 Å². The summed E-state index contributed by atoms with van der Waals surface area (Å²) in [4.78, 5) is -0.0872. The zero-order valence-corrected chi connectivity index (χ0v) is 11.4. The zero-order chi connectivity index (χ0) is 11.5. The van der Waals surface area contributed by atoms with Gasteiger partial charge in [0.2, 0.25) is 0 Å². The Hall–Kier alpha value is -0.380. The molecule has 1 aromatic carbocycles. The van der Waals surface area contributed by atoms with Gasteiger partial charge in [-0.3, -0.25) is 0 Å². The summed E-state index contributed by atoms with van der Waals surface area (Å²) in [6.07, 6.45) is 0.740. The van der Waals surface area contributed by atoms with Crippen LogP contribution in [-0.2, 0) is 6.42 Å². The van der Waals surface area contributed by atoms with Gasteiger partial charge in [0.15, 0.2) is 0 Å². The number of benzene rings is 1. The molecule has 0 saturated carbocycles. The number of halogens is 3. The van der Waals surface area contributed by atoms with Crippen LogP contribution in [0.2, 0.25) is 5.02 Å². The van der Waals surface area contributed by atoms with Crippen molar-refractivity contribution >= 4 is 38.9 Å². The number of rotatable bonds is 3. The minimum atomic E-state index is -0.260. The molecule has 0 aliphatic carbocycles. The van der Waals surface area contributed by atoms with Gasteiger partial charge in [-0.1, -0.05) is 33.6 Å². The van der Waals surface area contributed by atoms with Crippen LogP contribution in [0, 0.1) is 5.82 Å². The van der Waals surface area contributed by atoms with Gasteiger partial charge in [-0.05, 0) is 40.9 Å². The molecule has 1 aromatic heterocycles. The van der Waals surface area contributed by atoms with Gasteiger partial charge in [0.1, 0.15) is 5.82 Å². The lowest BCUT2D eigenvalue weighted by Gasteiger charge is -2.12. The van der Waals surface area contributed by atoms with Crippen LogP contribution in [-0.4, -0.2) is 0 Å². The SMILES string of the molecule is Fc1cccc(Cl)c1C(Br)Cc1ccsc1. The Morgan fingerprint density at radius 1 is 1.38 bits per heavy atom. The van der Waals surface area contributed by atoms with Crippen molar-refractivity contribution in [3.63, 3.8) is 0 Å². The molecule has 0 nitrogen and oxygen atoms in total. The van der Waals surface area contributed by atoms with E-state index in [1.165, 1.54) is 11.6 Å². The minimum Gasteiger partial charge on any atom is -0.207 e. The van der Waals surface area contributed by atoms with E-state index in [2.05, 4.69) is 21.3 Å². The third-order valence-corrected chi connectivity index (χ3v) is 4.15. The molecule has 0 radical (unpaired) electrons. The highest BCUT2D eigenvalue weighted by molar-refractivity contribution is 9.09. The van der Waals surface area contributed by atoms with Crippen LogP contribution in [0.3, 0.4) is 0 Å². The molecule has 0 aliphatic heterocycles. The van der Waals surface area contributed by atoms with Crippen LogP contribution in [0.15, 0.2) is 35.0 Å². The molecule has 16 heavy (non-hydrogen) atoms. The van der Waals surface area contributed by atoms with Crippen molar-refractivity contribution in [3.05, 3.63) is 57.0 Å². The summed E-state index contributed by atoms with van der Waals surface area (Å²) >= 11 is 11.1. The molecule has 0 spiro atoms. The summed E-state index contributed by atoms with van der Waals surface area (Å²) in [5.74, 6) is -0.260. The number of thiophene rings is 1. The largest absolute Gasteiger partial charge is 0.207 e. The molecule has 0 N–H and O–H groups in total. The fourth-order valence-corrected chi connectivity index (χ4v) is 3.47. The first kappa shape index (κ1) is 12.1. The van der Waals surface area contributed by atoms with Crippen molar-refractivity contribution in [1.82, 2.24) is 0 Å². The fourth-order valence-electron chi connectivity index (χ4n) is 1.53. The van der Waals surface area contributed by atoms with Gasteiger partial charge in [-0.2, -0.15) is 11.3 Å². The number of hydrogen-bond acceptors (Lipinski definition) is 1. The molecule has 1 heterocycles. The minimum absolute atomic E-state index is 0.0872. The van der Waals surface area contributed by atoms with Crippen molar-refractivity contribution in [1.29, 1.82) is 0 Å². The number of hydrogen-bond donors (Lipinski definition) is 0. The molecule has 84 valence electrons. The van der Waals surface area contributed by atoms with Crippen LogP contribution < -0.4 is 0 Å². The van der Waals surface area contributed by atoms with Gasteiger partial charge in [-0.15, -0.1) is 0 Å². The van der Waals surface area contributed by atoms with E-state index in [9.17, 15) is 4.39 Å². The van der Waals surface area contributed by atoms with Crippen LogP contribution in [0.4, 0.5) is 4.39 Å². The van der Waals surface area contributed by atoms with Crippen molar-refractivity contribution < 1.29 is 4.39 Å². The monoisotopic (exact) mass is 318 g/mol. The summed E-state index contributed by atoms with van der Waals surface area (Å²) in [6, 6.07) is 6.80. The normalized spacial score (nSPS) is 12.7. The Kier molecular flexibility index (Phi) is 4.00. The molecular formula is C12H9BrClFS. The van der Waals surface area contributed by atoms with Gasteiger partial charge in [-0.25, -0.2) is 4.39 Å². The molecule has 1 unspecified atom stereocenters. The molecule has 0 aliphatic rings. The van der Waals surface area contributed by atoms with Crippen LogP contribution >= 0.6 is 38.9 Å². The maximum atomic E-state index is 13.6. The molecule has 0 fully saturated rings. The Morgan fingerprint density at radius 2 is 2.19 bits per heavy atom. The third kappa shape index (κ3) is 2.65. The number of alkyl halides is 1. The first-order valence-electron chi connectivity index (χ1n) is 4.77. The van der Waals surface area contributed by atoms with E-state index in [4.69, 9.17) is 11.6 Å². The fraction of sp³-hybridized carbons (Fsp3) is 0.167. The van der Waals surface area contributed by atoms with E-state index in [0.717, 1.165) is 6.42 Å². The Labute approximate surface area is 111 Å². The molecule has 0 bridgehead atoms. The van der Waals surface area contributed by atoms with E-state index in [1.807, 2.05) is 11.4 Å². The summed E-state index contributed by atoms with van der Waals surface area (Å²) in [6.45, 7) is 0. The first-order chi connectivity index (χ1) is 7.68. The Bertz CT molecular complexity index is 450. The lowest BCUT2D eigenvalue weighted by Crippen LogP contribution is -1.98. The van der Waals surface area contributed by atoms with Gasteiger partial charge in [0.05, 0.1) is 0 Å². The summed E-state index contributed by atoms with van der Waals surface area (Å²) < 4.78 is 13.6. The molecule has 2 rings (SSSR count). The second kappa shape index (κ2) is 5.30. The zero-order valence-electron chi connectivity index (χ0n) is 8.29. The van der Waals surface area contributed by atoms with Gasteiger partial charge < -0.3 is 0 Å². The second-order valence-electron chi connectivity index (χ2n) is 3.44. The predicted octanol–water partition coefficient (Wildman–Crippen LogP) is 5.22. The first-order valence-corrected chi connectivity index (χ1v) is 7.01. The molecule has 2 aromatic rings. The van der Waals surface area contributed by atoms with Crippen molar-refractivity contribution in [3.8, 4) is 0 Å².